The number of nitrogen functional groups attached to an aromatic ring is 1. The lowest BCUT2D eigenvalue weighted by molar-refractivity contribution is -0.309. The van der Waals surface area contributed by atoms with E-state index in [4.69, 9.17) is 24.7 Å². The molecule has 0 radical (unpaired) electrons. The van der Waals surface area contributed by atoms with Crippen LogP contribution in [0.15, 0.2) is 109 Å². The first kappa shape index (κ1) is 71.9. The number of aliphatic hydroxyl groups is 10. The van der Waals surface area contributed by atoms with Crippen LogP contribution in [-0.2, 0) is 38.1 Å². The van der Waals surface area contributed by atoms with Crippen LogP contribution >= 0.6 is 0 Å². The highest BCUT2D eigenvalue weighted by Gasteiger charge is 2.51. The molecule has 0 aromatic heterocycles. The van der Waals surface area contributed by atoms with Crippen LogP contribution in [0.5, 0.6) is 0 Å². The minimum atomic E-state index is -2.39. The van der Waals surface area contributed by atoms with Gasteiger partial charge >= 0.3 is 11.9 Å². The van der Waals surface area contributed by atoms with E-state index in [1.807, 2.05) is 19.9 Å². The van der Waals surface area contributed by atoms with E-state index in [1.165, 1.54) is 13.0 Å². The molecule has 0 saturated carbocycles. The second-order valence-electron chi connectivity index (χ2n) is 23.0. The van der Waals surface area contributed by atoms with E-state index >= 15 is 0 Å². The number of anilines is 1. The van der Waals surface area contributed by atoms with E-state index in [0.717, 1.165) is 0 Å². The zero-order chi connectivity index (χ0) is 63.0. The lowest BCUT2D eigenvalue weighted by Crippen LogP contribution is -2.64. The van der Waals surface area contributed by atoms with Crippen LogP contribution < -0.4 is 11.1 Å². The van der Waals surface area contributed by atoms with Crippen molar-refractivity contribution < 1.29 is 99.1 Å². The number of ether oxygens (including phenoxy) is 4. The van der Waals surface area contributed by atoms with Gasteiger partial charge in [0.05, 0.1) is 80.0 Å². The Bertz CT molecular complexity index is 2480. The molecule has 2 bridgehead atoms. The number of cyclic esters (lactones) is 1. The second kappa shape index (κ2) is 35.9. The lowest BCUT2D eigenvalue weighted by atomic mass is 9.82. The molecule has 0 aliphatic carbocycles. The van der Waals surface area contributed by atoms with E-state index < -0.39 is 185 Å². The third-order valence-electron chi connectivity index (χ3n) is 14.8. The first-order chi connectivity index (χ1) is 40.1. The summed E-state index contributed by atoms with van der Waals surface area (Å²) in [5.41, 5.74) is 6.65. The van der Waals surface area contributed by atoms with Crippen LogP contribution in [0.2, 0.25) is 0 Å². The minimum Gasteiger partial charge on any atom is -0.481 e. The fourth-order valence-electron chi connectivity index (χ4n) is 10.6. The number of ketones is 2. The summed E-state index contributed by atoms with van der Waals surface area (Å²) in [4.78, 5) is 66.2. The minimum absolute atomic E-state index is 0.0674. The second-order valence-corrected chi connectivity index (χ2v) is 23.0. The number of Topliss-reactive ketones (excluding diaryl/α,β-unsaturated/α-hetero) is 2. The maximum atomic E-state index is 13.3. The number of carboxylic acid groups (broad SMARTS) is 1. The van der Waals surface area contributed by atoms with E-state index in [1.54, 1.807) is 116 Å². The van der Waals surface area contributed by atoms with Crippen molar-refractivity contribution in [2.75, 3.05) is 26.4 Å². The Morgan fingerprint density at radius 2 is 1.28 bits per heavy atom. The Hall–Kier alpha value is -5.61. The van der Waals surface area contributed by atoms with Gasteiger partial charge in [-0.3, -0.25) is 24.0 Å². The fraction of sp³-hybridized carbons (Fsp3) is 0.597. The number of benzene rings is 1. The average molecular weight is 1200 g/mol. The fourth-order valence-corrected chi connectivity index (χ4v) is 10.6. The molecule has 14 N–H and O–H groups in total. The van der Waals surface area contributed by atoms with Crippen LogP contribution in [0.3, 0.4) is 0 Å². The van der Waals surface area contributed by atoms with Gasteiger partial charge in [0, 0.05) is 55.7 Å². The summed E-state index contributed by atoms with van der Waals surface area (Å²) < 4.78 is 24.0. The molecule has 8 unspecified atom stereocenters. The third-order valence-corrected chi connectivity index (χ3v) is 14.8. The molecule has 3 heterocycles. The molecule has 0 spiro atoms. The predicted molar refractivity (Wildman–Crippen MR) is 312 cm³/mol. The van der Waals surface area contributed by atoms with Gasteiger partial charge in [0.25, 0.3) is 0 Å². The Balaban J connectivity index is 1.58. The van der Waals surface area contributed by atoms with Crippen molar-refractivity contribution in [1.29, 1.82) is 0 Å². The summed E-state index contributed by atoms with van der Waals surface area (Å²) in [6.45, 7) is 5.10. The number of nitrogens with two attached hydrogens (primary N) is 1. The molecular weight excluding hydrogens is 1110 g/mol. The maximum Gasteiger partial charge on any atom is 0.311 e. The van der Waals surface area contributed by atoms with Crippen LogP contribution in [-0.4, -0.2) is 209 Å². The van der Waals surface area contributed by atoms with Gasteiger partial charge in [0.2, 0.25) is 5.91 Å². The number of esters is 1. The number of likely N-dealkylation sites (N-methyl/N-ethyl adjacent to an activating group) is 1. The largest absolute Gasteiger partial charge is 0.481 e. The molecule has 474 valence electrons. The molecule has 23 heteroatoms. The number of carboxylic acids is 1. The SMILES string of the molecule is CC1OC(O[C@H]2/C=C/C=C/C=C/C=C\C=C/C=C/C=C/[C@H](C)C([C@@H](C)CCC(O)CC(=O)c3ccc(N)cc3)OC(=O)C[C@H](O)CC(=O)C[C@H](O)C[C@H](O)C[C@H](O)C[C@H](O)C[C@]3(O)C[C@H](O)[C@@H](C(=O)O)C(C2)O3)C(O)C(NC(=O)CN(C)C)C1O. The summed E-state index contributed by atoms with van der Waals surface area (Å²) in [5, 5.41) is 123. The van der Waals surface area contributed by atoms with Gasteiger partial charge < -0.3 is 91.1 Å². The monoisotopic (exact) mass is 1200 g/mol. The normalized spacial score (nSPS) is 36.5. The number of hydrogen-bond acceptors (Lipinski definition) is 21. The van der Waals surface area contributed by atoms with Crippen molar-refractivity contribution in [3.05, 3.63) is 115 Å². The Kier molecular flexibility index (Phi) is 30.3. The highest BCUT2D eigenvalue weighted by Crippen LogP contribution is 2.38. The summed E-state index contributed by atoms with van der Waals surface area (Å²) in [5.74, 6) is -8.48. The Morgan fingerprint density at radius 1 is 0.729 bits per heavy atom. The zero-order valence-electron chi connectivity index (χ0n) is 49.1. The van der Waals surface area contributed by atoms with Gasteiger partial charge in [-0.05, 0) is 83.3 Å². The van der Waals surface area contributed by atoms with Crippen LogP contribution in [0.25, 0.3) is 0 Å². The molecule has 1 aromatic rings. The molecule has 1 aromatic carbocycles. The molecule has 23 nitrogen and oxygen atoms in total. The van der Waals surface area contributed by atoms with Crippen molar-refractivity contribution in [3.63, 3.8) is 0 Å². The van der Waals surface area contributed by atoms with Gasteiger partial charge in [-0.15, -0.1) is 0 Å². The molecule has 4 rings (SSSR count). The lowest BCUT2D eigenvalue weighted by Gasteiger charge is -2.45. The van der Waals surface area contributed by atoms with Crippen LogP contribution in [0.1, 0.15) is 108 Å². The molecule has 19 atom stereocenters. The highest BCUT2D eigenvalue weighted by molar-refractivity contribution is 5.96. The van der Waals surface area contributed by atoms with Gasteiger partial charge in [-0.25, -0.2) is 0 Å². The number of fused-ring (bicyclic) bond motifs is 2. The number of aliphatic hydroxyl groups excluding tert-OH is 9. The van der Waals surface area contributed by atoms with Crippen LogP contribution in [0, 0.1) is 17.8 Å². The Morgan fingerprint density at radius 3 is 1.87 bits per heavy atom. The van der Waals surface area contributed by atoms with E-state index in [-0.39, 0.29) is 37.0 Å². The number of aliphatic carboxylic acids is 1. The van der Waals surface area contributed by atoms with E-state index in [9.17, 15) is 80.1 Å². The number of nitrogens with zero attached hydrogens (tertiary/aromatic N) is 1. The van der Waals surface area contributed by atoms with Crippen molar-refractivity contribution in [2.45, 2.75) is 195 Å². The summed E-state index contributed by atoms with van der Waals surface area (Å²) >= 11 is 0. The van der Waals surface area contributed by atoms with Gasteiger partial charge in [0.1, 0.15) is 30.0 Å². The molecule has 1 amide bonds. The topological polar surface area (TPSA) is 386 Å². The molecule has 2 saturated heterocycles. The van der Waals surface area contributed by atoms with Gasteiger partial charge in [0.15, 0.2) is 17.9 Å². The molecule has 3 aliphatic heterocycles. The maximum absolute atomic E-state index is 13.3. The number of carbonyl (C=O) groups is 5. The molecular formula is C62H91N3O20. The van der Waals surface area contributed by atoms with Crippen molar-refractivity contribution in [2.24, 2.45) is 17.8 Å². The molecule has 2 fully saturated rings. The first-order valence-corrected chi connectivity index (χ1v) is 28.9. The average Bonchev–Trinajstić information content (AvgIpc) is 2.50. The number of allylic oxidation sites excluding steroid dienone is 12. The summed E-state index contributed by atoms with van der Waals surface area (Å²) in [6, 6.07) is 5.11. The molecule has 85 heavy (non-hydrogen) atoms. The number of rotatable bonds is 13. The van der Waals surface area contributed by atoms with Crippen molar-refractivity contribution >= 4 is 35.1 Å². The smallest absolute Gasteiger partial charge is 0.311 e. The van der Waals surface area contributed by atoms with Gasteiger partial charge in [-0.2, -0.15) is 0 Å². The quantitative estimate of drug-likeness (QED) is 0.0763. The number of amides is 1. The summed E-state index contributed by atoms with van der Waals surface area (Å²) in [7, 11) is 3.32. The molecule has 3 aliphatic rings. The Labute approximate surface area is 497 Å². The number of nitrogens with one attached hydrogen (secondary N) is 1. The predicted octanol–water partition coefficient (Wildman–Crippen LogP) is 2.01. The highest BCUT2D eigenvalue weighted by atomic mass is 16.7. The van der Waals surface area contributed by atoms with Gasteiger partial charge in [-0.1, -0.05) is 98.9 Å². The van der Waals surface area contributed by atoms with E-state index in [2.05, 4.69) is 5.32 Å². The van der Waals surface area contributed by atoms with Crippen molar-refractivity contribution in [1.82, 2.24) is 10.2 Å². The van der Waals surface area contributed by atoms with Crippen molar-refractivity contribution in [3.8, 4) is 0 Å². The van der Waals surface area contributed by atoms with Crippen LogP contribution in [0.4, 0.5) is 5.69 Å². The zero-order valence-corrected chi connectivity index (χ0v) is 49.1. The standard InChI is InChI=1S/C62H91N3O20/c1-37-18-16-14-12-10-8-6-7-9-11-13-15-17-19-49(83-61-58(78)56(57(77)39(3)82-61)64-53(75)36-65(4)5)33-52-55(60(79)80)51(74)35-62(81,85-52)34-48(72)30-46(70)28-44(68)26-43(67)27-45(69)29-47(71)32-54(76)84-59(37)38(2)20-25-42(66)31-50(73)40-21-23-41(63)24-22-40/h6-19,21-24,37-39,42-44,46-49,51-52,55-59,61,66-68,70-72,74,77-78,81H,20,25-36,63H2,1-5H3,(H,64,75)(H,79,80)/b7-6-,10-8-,11-9+,14-12+,15-13+,18-16+,19-17+/t37-,38-,39?,42?,43+,44-,46-,47+,48-,49-,51-,52?,55+,56?,57?,58?,59?,61?,62+/m0/s1. The van der Waals surface area contributed by atoms with E-state index in [0.29, 0.717) is 17.7 Å². The number of carbonyl (C=O) groups excluding carboxylic acids is 4. The number of hydrogen-bond donors (Lipinski definition) is 13. The summed E-state index contributed by atoms with van der Waals surface area (Å²) in [6.07, 6.45) is 0.558. The first-order valence-electron chi connectivity index (χ1n) is 28.9. The third kappa shape index (κ3) is 25.7.